The largest absolute Gasteiger partial charge is 0.0622 e. The van der Waals surface area contributed by atoms with Crippen molar-refractivity contribution in [2.24, 2.45) is 0 Å². The molecule has 0 N–H and O–H groups in total. The van der Waals surface area contributed by atoms with E-state index in [2.05, 4.69) is 255 Å². The SMILES string of the molecule is c1ccc(-c2cc3c(ccc4cc(-c5c6ccccc6c(-c6ccccc6)c6ccccc56)ccc43)c(-c3ccccc3)c2-c2c3ccccc3c(-c3ccccc3)c3ccccc23)cc1. The molecule has 0 bridgehead atoms. The van der Waals surface area contributed by atoms with Gasteiger partial charge in [-0.1, -0.05) is 243 Å². The molecule has 306 valence electrons. The van der Waals surface area contributed by atoms with Crippen molar-refractivity contribution >= 4 is 64.6 Å². The molecule has 0 heteroatoms. The first-order valence-corrected chi connectivity index (χ1v) is 22.9. The highest BCUT2D eigenvalue weighted by Gasteiger charge is 2.25. The van der Waals surface area contributed by atoms with Gasteiger partial charge in [-0.3, -0.25) is 0 Å². The van der Waals surface area contributed by atoms with Gasteiger partial charge in [0, 0.05) is 0 Å². The van der Waals surface area contributed by atoms with Crippen molar-refractivity contribution in [2.75, 3.05) is 0 Å². The van der Waals surface area contributed by atoms with E-state index in [-0.39, 0.29) is 0 Å². The highest BCUT2D eigenvalue weighted by Crippen LogP contribution is 2.52. The summed E-state index contributed by atoms with van der Waals surface area (Å²) in [5, 5.41) is 15.0. The molecule has 66 heavy (non-hydrogen) atoms. The molecule has 0 nitrogen and oxygen atoms in total. The Kier molecular flexibility index (Phi) is 8.96. The molecule has 13 rings (SSSR count). The van der Waals surface area contributed by atoms with Crippen LogP contribution in [-0.2, 0) is 0 Å². The van der Waals surface area contributed by atoms with E-state index in [0.717, 1.165) is 0 Å². The van der Waals surface area contributed by atoms with Crippen molar-refractivity contribution in [3.05, 3.63) is 255 Å². The van der Waals surface area contributed by atoms with Crippen LogP contribution in [0.2, 0.25) is 0 Å². The molecule has 13 aromatic rings. The first-order chi connectivity index (χ1) is 32.8. The molecule has 0 saturated heterocycles. The maximum absolute atomic E-state index is 2.49. The van der Waals surface area contributed by atoms with Crippen molar-refractivity contribution in [3.8, 4) is 66.8 Å². The lowest BCUT2D eigenvalue weighted by Crippen LogP contribution is -1.97. The van der Waals surface area contributed by atoms with Gasteiger partial charge < -0.3 is 0 Å². The Bertz CT molecular complexity index is 3890. The Hall–Kier alpha value is -8.58. The van der Waals surface area contributed by atoms with Crippen LogP contribution in [0.5, 0.6) is 0 Å². The number of rotatable bonds is 6. The first-order valence-electron chi connectivity index (χ1n) is 22.9. The van der Waals surface area contributed by atoms with Crippen LogP contribution in [0.4, 0.5) is 0 Å². The predicted molar refractivity (Wildman–Crippen MR) is 284 cm³/mol. The maximum Gasteiger partial charge on any atom is -0.000786 e. The Morgan fingerprint density at radius 2 is 0.470 bits per heavy atom. The van der Waals surface area contributed by atoms with E-state index in [4.69, 9.17) is 0 Å². The van der Waals surface area contributed by atoms with Gasteiger partial charge in [-0.2, -0.15) is 0 Å². The Balaban J connectivity index is 1.13. The van der Waals surface area contributed by atoms with Crippen molar-refractivity contribution < 1.29 is 0 Å². The molecule has 0 unspecified atom stereocenters. The van der Waals surface area contributed by atoms with E-state index in [1.54, 1.807) is 0 Å². The highest BCUT2D eigenvalue weighted by atomic mass is 14.3. The quantitative estimate of drug-likeness (QED) is 0.116. The third-order valence-corrected chi connectivity index (χ3v) is 13.8. The van der Waals surface area contributed by atoms with E-state index >= 15 is 0 Å². The van der Waals surface area contributed by atoms with Gasteiger partial charge in [-0.05, 0) is 144 Å². The first kappa shape index (κ1) is 37.9. The predicted octanol–water partition coefficient (Wildman–Crippen LogP) is 18.6. The highest BCUT2D eigenvalue weighted by molar-refractivity contribution is 6.28. The van der Waals surface area contributed by atoms with Gasteiger partial charge in [0.25, 0.3) is 0 Å². The summed E-state index contributed by atoms with van der Waals surface area (Å²) in [7, 11) is 0. The smallest absolute Gasteiger partial charge is 0.000786 e. The standard InChI is InChI=1S/C66H42/c1-5-21-43(22-6-1)59-42-60-49-39-38-48(63-52-31-15-13-29-50(52)61(44-23-7-2-8-24-44)51-30-14-16-32-53(51)63)41-47(49)37-40-58(60)64(46-27-11-4-12-28-46)66(59)65-56-35-19-17-33-54(56)62(45-25-9-3-10-26-45)55-34-18-20-36-57(55)65/h1-42H. The minimum absolute atomic E-state index is 1.19. The third kappa shape index (κ3) is 6.00. The van der Waals surface area contributed by atoms with E-state index in [9.17, 15) is 0 Å². The summed E-state index contributed by atoms with van der Waals surface area (Å²) in [6, 6.07) is 94.2. The molecule has 0 atom stereocenters. The van der Waals surface area contributed by atoms with Gasteiger partial charge in [0.2, 0.25) is 0 Å². The summed E-state index contributed by atoms with van der Waals surface area (Å²) in [5.74, 6) is 0. The van der Waals surface area contributed by atoms with Gasteiger partial charge in [-0.15, -0.1) is 0 Å². The number of hydrogen-bond acceptors (Lipinski definition) is 0. The fraction of sp³-hybridized carbons (Fsp3) is 0. The summed E-state index contributed by atoms with van der Waals surface area (Å²) in [4.78, 5) is 0. The van der Waals surface area contributed by atoms with Gasteiger partial charge in [0.15, 0.2) is 0 Å². The van der Waals surface area contributed by atoms with Gasteiger partial charge in [-0.25, -0.2) is 0 Å². The minimum atomic E-state index is 1.19. The van der Waals surface area contributed by atoms with Crippen LogP contribution in [0.25, 0.3) is 131 Å². The zero-order valence-corrected chi connectivity index (χ0v) is 36.2. The van der Waals surface area contributed by atoms with Gasteiger partial charge >= 0.3 is 0 Å². The fourth-order valence-electron chi connectivity index (χ4n) is 11.0. The molecule has 0 aromatic heterocycles. The molecule has 0 amide bonds. The van der Waals surface area contributed by atoms with Gasteiger partial charge in [0.1, 0.15) is 0 Å². The molecule has 0 aliphatic rings. The summed E-state index contributed by atoms with van der Waals surface area (Å²) in [6.07, 6.45) is 0. The second-order valence-electron chi connectivity index (χ2n) is 17.4. The zero-order chi connectivity index (χ0) is 43.6. The van der Waals surface area contributed by atoms with Crippen LogP contribution >= 0.6 is 0 Å². The molecule has 0 spiro atoms. The number of hydrogen-bond donors (Lipinski definition) is 0. The maximum atomic E-state index is 2.49. The van der Waals surface area contributed by atoms with E-state index in [1.807, 2.05) is 0 Å². The number of fused-ring (bicyclic) bond motifs is 7. The average molecular weight is 835 g/mol. The molecular weight excluding hydrogens is 793 g/mol. The Morgan fingerprint density at radius 3 is 0.894 bits per heavy atom. The van der Waals surface area contributed by atoms with E-state index in [0.29, 0.717) is 0 Å². The van der Waals surface area contributed by atoms with Crippen molar-refractivity contribution in [1.82, 2.24) is 0 Å². The molecule has 13 aromatic carbocycles. The molecule has 0 heterocycles. The van der Waals surface area contributed by atoms with Crippen LogP contribution in [0.3, 0.4) is 0 Å². The minimum Gasteiger partial charge on any atom is -0.0622 e. The van der Waals surface area contributed by atoms with Gasteiger partial charge in [0.05, 0.1) is 0 Å². The number of benzene rings is 13. The summed E-state index contributed by atoms with van der Waals surface area (Å²) in [6.45, 7) is 0. The van der Waals surface area contributed by atoms with Crippen LogP contribution < -0.4 is 0 Å². The third-order valence-electron chi connectivity index (χ3n) is 13.8. The monoisotopic (exact) mass is 834 g/mol. The Morgan fingerprint density at radius 1 is 0.152 bits per heavy atom. The van der Waals surface area contributed by atoms with Crippen LogP contribution in [0.1, 0.15) is 0 Å². The van der Waals surface area contributed by atoms with Crippen molar-refractivity contribution in [3.63, 3.8) is 0 Å². The normalized spacial score (nSPS) is 11.6. The summed E-state index contributed by atoms with van der Waals surface area (Å²) < 4.78 is 0. The lowest BCUT2D eigenvalue weighted by molar-refractivity contribution is 1.61. The van der Waals surface area contributed by atoms with E-state index < -0.39 is 0 Å². The molecule has 0 fully saturated rings. The molecular formula is C66H42. The second-order valence-corrected chi connectivity index (χ2v) is 17.4. The molecule has 0 radical (unpaired) electrons. The van der Waals surface area contributed by atoms with Crippen LogP contribution in [0, 0.1) is 0 Å². The van der Waals surface area contributed by atoms with Crippen LogP contribution in [0.15, 0.2) is 255 Å². The van der Waals surface area contributed by atoms with Crippen molar-refractivity contribution in [2.45, 2.75) is 0 Å². The Labute approximate surface area is 384 Å². The lowest BCUT2D eigenvalue weighted by atomic mass is 9.78. The summed E-state index contributed by atoms with van der Waals surface area (Å²) >= 11 is 0. The lowest BCUT2D eigenvalue weighted by Gasteiger charge is -2.24. The van der Waals surface area contributed by atoms with E-state index in [1.165, 1.54) is 131 Å². The molecule has 0 aliphatic heterocycles. The van der Waals surface area contributed by atoms with Crippen LogP contribution in [-0.4, -0.2) is 0 Å². The zero-order valence-electron chi connectivity index (χ0n) is 36.2. The summed E-state index contributed by atoms with van der Waals surface area (Å²) in [5.41, 5.74) is 14.9. The average Bonchev–Trinajstić information content (AvgIpc) is 3.39. The molecule has 0 saturated carbocycles. The topological polar surface area (TPSA) is 0 Å². The second kappa shape index (κ2) is 15.6. The fourth-order valence-corrected chi connectivity index (χ4v) is 11.0. The van der Waals surface area contributed by atoms with Crippen molar-refractivity contribution in [1.29, 1.82) is 0 Å². The molecule has 0 aliphatic carbocycles.